The molecular weight excluding hydrogens is 458 g/mol. The Morgan fingerprint density at radius 3 is 2.42 bits per heavy atom. The second kappa shape index (κ2) is 9.67. The summed E-state index contributed by atoms with van der Waals surface area (Å²) in [5.74, 6) is -0.0227. The van der Waals surface area contributed by atoms with Gasteiger partial charge in [-0.1, -0.05) is 0 Å². The fourth-order valence-corrected chi connectivity index (χ4v) is 5.42. The number of carbonyl (C=O) groups is 1. The van der Waals surface area contributed by atoms with E-state index in [1.54, 1.807) is 16.6 Å². The van der Waals surface area contributed by atoms with E-state index in [-0.39, 0.29) is 18.0 Å². The van der Waals surface area contributed by atoms with Crippen molar-refractivity contribution in [2.45, 2.75) is 43.9 Å². The number of amides is 1. The molecule has 0 aliphatic carbocycles. The summed E-state index contributed by atoms with van der Waals surface area (Å²) in [6.45, 7) is 3.06. The highest BCUT2D eigenvalue weighted by atomic mass is 16.3. The van der Waals surface area contributed by atoms with Crippen LogP contribution in [0, 0.1) is 0 Å². The van der Waals surface area contributed by atoms with Crippen molar-refractivity contribution >= 4 is 22.6 Å². The maximum atomic E-state index is 13.1. The Bertz CT molecular complexity index is 1280. The Balaban J connectivity index is 1.18. The molecule has 0 saturated carbocycles. The van der Waals surface area contributed by atoms with E-state index in [2.05, 4.69) is 34.0 Å². The van der Waals surface area contributed by atoms with Crippen molar-refractivity contribution in [1.29, 1.82) is 0 Å². The molecule has 192 valence electrons. The monoisotopic (exact) mass is 493 g/mol. The van der Waals surface area contributed by atoms with Gasteiger partial charge in [-0.2, -0.15) is 5.10 Å². The van der Waals surface area contributed by atoms with Gasteiger partial charge in [0.2, 0.25) is 0 Å². The first kappa shape index (κ1) is 24.5. The van der Waals surface area contributed by atoms with E-state index in [0.717, 1.165) is 31.6 Å². The van der Waals surface area contributed by atoms with Crippen LogP contribution in [0.4, 0.5) is 5.69 Å². The molecule has 2 aromatic heterocycles. The minimum absolute atomic E-state index is 0.0227. The third-order valence-electron chi connectivity index (χ3n) is 7.84. The third kappa shape index (κ3) is 4.75. The number of benzene rings is 1. The Labute approximate surface area is 210 Å². The normalized spacial score (nSPS) is 18.8. The summed E-state index contributed by atoms with van der Waals surface area (Å²) in [7, 11) is 6.02. The smallest absolute Gasteiger partial charge is 0.264 e. The van der Waals surface area contributed by atoms with Crippen molar-refractivity contribution < 1.29 is 9.90 Å². The number of aliphatic hydroxyl groups is 1. The van der Waals surface area contributed by atoms with E-state index in [4.69, 9.17) is 0 Å². The fourth-order valence-electron chi connectivity index (χ4n) is 5.42. The first-order valence-electron chi connectivity index (χ1n) is 12.6. The van der Waals surface area contributed by atoms with Crippen molar-refractivity contribution in [2.75, 3.05) is 45.2 Å². The minimum atomic E-state index is -1.07. The summed E-state index contributed by atoms with van der Waals surface area (Å²) in [4.78, 5) is 36.7. The van der Waals surface area contributed by atoms with Gasteiger partial charge in [0.25, 0.3) is 11.5 Å². The molecule has 36 heavy (non-hydrogen) atoms. The van der Waals surface area contributed by atoms with Crippen LogP contribution >= 0.6 is 0 Å². The lowest BCUT2D eigenvalue weighted by Crippen LogP contribution is -2.49. The van der Waals surface area contributed by atoms with Crippen LogP contribution < -0.4 is 10.5 Å². The van der Waals surface area contributed by atoms with Gasteiger partial charge in [-0.05, 0) is 64.0 Å². The predicted molar refractivity (Wildman–Crippen MR) is 138 cm³/mol. The molecule has 2 aliphatic rings. The quantitative estimate of drug-likeness (QED) is 0.572. The Kier molecular flexibility index (Phi) is 6.57. The average molecular weight is 494 g/mol. The number of aromatic nitrogens is 4. The molecule has 2 saturated heterocycles. The summed E-state index contributed by atoms with van der Waals surface area (Å²) in [6.07, 6.45) is 6.05. The highest BCUT2D eigenvalue weighted by Gasteiger charge is 2.35. The second-order valence-electron chi connectivity index (χ2n) is 10.4. The van der Waals surface area contributed by atoms with Crippen LogP contribution in [-0.2, 0) is 13.6 Å². The van der Waals surface area contributed by atoms with Crippen LogP contribution in [0.15, 0.2) is 41.6 Å². The fraction of sp³-hybridized carbons (Fsp3) is 0.538. The highest BCUT2D eigenvalue weighted by molar-refractivity contribution is 5.94. The summed E-state index contributed by atoms with van der Waals surface area (Å²) in [5.41, 5.74) is 1.05. The zero-order valence-electron chi connectivity index (χ0n) is 21.3. The van der Waals surface area contributed by atoms with Gasteiger partial charge in [-0.15, -0.1) is 0 Å². The van der Waals surface area contributed by atoms with E-state index in [1.807, 2.05) is 24.3 Å². The van der Waals surface area contributed by atoms with E-state index >= 15 is 0 Å². The number of piperidine rings is 2. The van der Waals surface area contributed by atoms with Crippen LogP contribution in [0.5, 0.6) is 0 Å². The summed E-state index contributed by atoms with van der Waals surface area (Å²) >= 11 is 0. The van der Waals surface area contributed by atoms with Gasteiger partial charge in [0.05, 0.1) is 18.3 Å². The Morgan fingerprint density at radius 1 is 1.11 bits per heavy atom. The molecule has 1 N–H and O–H groups in total. The highest BCUT2D eigenvalue weighted by Crippen LogP contribution is 2.26. The molecule has 0 unspecified atom stereocenters. The number of anilines is 1. The standard InChI is InChI=1S/C26H35N7O3/c1-29(2)20-8-12-31(13-9-20)21-6-4-19(5-7-21)24(34)32-14-10-26(36,11-15-32)17-33-18-27-23-22(25(33)35)16-28-30(23)3/h4-7,16,18,20,36H,8-15,17H2,1-3H3. The van der Waals surface area contributed by atoms with Crippen molar-refractivity contribution in [3.63, 3.8) is 0 Å². The van der Waals surface area contributed by atoms with Gasteiger partial charge >= 0.3 is 0 Å². The van der Waals surface area contributed by atoms with Crippen molar-refractivity contribution in [2.24, 2.45) is 7.05 Å². The van der Waals surface area contributed by atoms with Crippen molar-refractivity contribution in [3.8, 4) is 0 Å². The number of hydrogen-bond acceptors (Lipinski definition) is 7. The van der Waals surface area contributed by atoms with Crippen molar-refractivity contribution in [1.82, 2.24) is 29.1 Å². The maximum absolute atomic E-state index is 13.1. The molecule has 4 heterocycles. The summed E-state index contributed by atoms with van der Waals surface area (Å²) < 4.78 is 3.00. The second-order valence-corrected chi connectivity index (χ2v) is 10.4. The molecule has 10 heteroatoms. The topological polar surface area (TPSA) is 99.7 Å². The summed E-state index contributed by atoms with van der Waals surface area (Å²) in [5, 5.41) is 15.7. The SMILES string of the molecule is CN(C)C1CCN(c2ccc(C(=O)N3CCC(O)(Cn4cnc5c(cnn5C)c4=O)CC3)cc2)CC1. The lowest BCUT2D eigenvalue weighted by molar-refractivity contribution is -0.0299. The molecule has 0 spiro atoms. The van der Waals surface area contributed by atoms with Crippen LogP contribution in [0.3, 0.4) is 0 Å². The van der Waals surface area contributed by atoms with E-state index in [9.17, 15) is 14.7 Å². The molecule has 2 aliphatic heterocycles. The molecule has 5 rings (SSSR count). The maximum Gasteiger partial charge on any atom is 0.264 e. The van der Waals surface area contributed by atoms with Gasteiger partial charge < -0.3 is 19.8 Å². The molecular formula is C26H35N7O3. The minimum Gasteiger partial charge on any atom is -0.388 e. The van der Waals surface area contributed by atoms with E-state index in [1.165, 1.54) is 17.1 Å². The number of likely N-dealkylation sites (tertiary alicyclic amines) is 1. The van der Waals surface area contributed by atoms with Gasteiger partial charge in [0, 0.05) is 50.5 Å². The van der Waals surface area contributed by atoms with Crippen LogP contribution in [0.25, 0.3) is 11.0 Å². The molecule has 1 aromatic carbocycles. The van der Waals surface area contributed by atoms with Crippen LogP contribution in [0.1, 0.15) is 36.0 Å². The Hall–Kier alpha value is -3.24. The number of fused-ring (bicyclic) bond motifs is 1. The zero-order chi connectivity index (χ0) is 25.4. The average Bonchev–Trinajstić information content (AvgIpc) is 3.27. The molecule has 1 amide bonds. The number of carbonyl (C=O) groups excluding carboxylic acids is 1. The molecule has 0 radical (unpaired) electrons. The molecule has 2 fully saturated rings. The zero-order valence-corrected chi connectivity index (χ0v) is 21.3. The Morgan fingerprint density at radius 2 is 1.78 bits per heavy atom. The van der Waals surface area contributed by atoms with Gasteiger partial charge in [-0.25, -0.2) is 4.98 Å². The first-order valence-corrected chi connectivity index (χ1v) is 12.6. The largest absolute Gasteiger partial charge is 0.388 e. The van der Waals surface area contributed by atoms with Crippen LogP contribution in [-0.4, -0.2) is 92.1 Å². The number of hydrogen-bond donors (Lipinski definition) is 1. The number of rotatable bonds is 5. The number of nitrogens with zero attached hydrogens (tertiary/aromatic N) is 7. The van der Waals surface area contributed by atoms with E-state index in [0.29, 0.717) is 48.6 Å². The molecule has 0 bridgehead atoms. The third-order valence-corrected chi connectivity index (χ3v) is 7.84. The molecule has 0 atom stereocenters. The van der Waals surface area contributed by atoms with E-state index < -0.39 is 5.60 Å². The predicted octanol–water partition coefficient (Wildman–Crippen LogP) is 1.33. The molecule has 3 aromatic rings. The van der Waals surface area contributed by atoms with Gasteiger partial charge in [-0.3, -0.25) is 18.8 Å². The summed E-state index contributed by atoms with van der Waals surface area (Å²) in [6, 6.07) is 8.53. The number of aryl methyl sites for hydroxylation is 1. The first-order chi connectivity index (χ1) is 17.2. The van der Waals surface area contributed by atoms with Gasteiger partial charge in [0.15, 0.2) is 5.65 Å². The lowest BCUT2D eigenvalue weighted by Gasteiger charge is -2.38. The van der Waals surface area contributed by atoms with Gasteiger partial charge in [0.1, 0.15) is 11.7 Å². The van der Waals surface area contributed by atoms with Crippen LogP contribution in [0.2, 0.25) is 0 Å². The van der Waals surface area contributed by atoms with Crippen molar-refractivity contribution in [3.05, 3.63) is 52.7 Å². The molecule has 10 nitrogen and oxygen atoms in total. The lowest BCUT2D eigenvalue weighted by atomic mass is 9.91.